The second kappa shape index (κ2) is 6.60. The third kappa shape index (κ3) is 3.09. The fourth-order valence-electron chi connectivity index (χ4n) is 2.22. The van der Waals surface area contributed by atoms with E-state index in [1.165, 1.54) is 0 Å². The van der Waals surface area contributed by atoms with Crippen LogP contribution in [-0.2, 0) is 14.2 Å². The molecule has 5 unspecified atom stereocenters. The van der Waals surface area contributed by atoms with E-state index < -0.39 is 24.6 Å². The monoisotopic (exact) mass is 259 g/mol. The van der Waals surface area contributed by atoms with Gasteiger partial charge in [0.2, 0.25) is 0 Å². The minimum Gasteiger partial charge on any atom is -0.387 e. The van der Waals surface area contributed by atoms with Crippen molar-refractivity contribution in [3.8, 4) is 0 Å². The molecule has 0 amide bonds. The summed E-state index contributed by atoms with van der Waals surface area (Å²) in [7, 11) is 0. The van der Waals surface area contributed by atoms with Crippen molar-refractivity contribution in [2.24, 2.45) is 0 Å². The summed E-state index contributed by atoms with van der Waals surface area (Å²) in [5.74, 6) is 0. The third-order valence-electron chi connectivity index (χ3n) is 3.16. The molecule has 6 heteroatoms. The zero-order valence-corrected chi connectivity index (χ0v) is 10.3. The molecule has 3 saturated heterocycles. The zero-order chi connectivity index (χ0) is 13.0. The average Bonchev–Trinajstić information content (AvgIpc) is 2.50. The number of aliphatic hydroxyl groups excluding tert-OH is 2. The Morgan fingerprint density at radius 1 is 1.22 bits per heavy atom. The SMILES string of the molecule is C=CCNCC1OC2OCCCOC1C(O)C2O. The molecule has 3 aliphatic heterocycles. The summed E-state index contributed by atoms with van der Waals surface area (Å²) in [4.78, 5) is 0. The zero-order valence-electron chi connectivity index (χ0n) is 10.3. The maximum atomic E-state index is 10.0. The highest BCUT2D eigenvalue weighted by atomic mass is 16.7. The standard InChI is InChI=1S/C12H21NO5/c1-2-4-13-7-8-11-9(14)10(15)12(18-8)17-6-3-5-16-11/h2,8-15H,1,3-7H2. The summed E-state index contributed by atoms with van der Waals surface area (Å²) >= 11 is 0. The van der Waals surface area contributed by atoms with Gasteiger partial charge in [0, 0.05) is 19.7 Å². The first-order valence-electron chi connectivity index (χ1n) is 6.30. The van der Waals surface area contributed by atoms with Gasteiger partial charge in [0.25, 0.3) is 0 Å². The van der Waals surface area contributed by atoms with Gasteiger partial charge in [-0.1, -0.05) is 6.08 Å². The molecule has 104 valence electrons. The Labute approximate surface area is 107 Å². The Morgan fingerprint density at radius 3 is 2.78 bits per heavy atom. The average molecular weight is 259 g/mol. The van der Waals surface area contributed by atoms with Gasteiger partial charge in [0.1, 0.15) is 24.4 Å². The summed E-state index contributed by atoms with van der Waals surface area (Å²) < 4.78 is 16.6. The number of nitrogens with one attached hydrogen (secondary N) is 1. The van der Waals surface area contributed by atoms with Crippen LogP contribution >= 0.6 is 0 Å². The van der Waals surface area contributed by atoms with Crippen molar-refractivity contribution in [2.45, 2.75) is 37.1 Å². The van der Waals surface area contributed by atoms with E-state index in [2.05, 4.69) is 11.9 Å². The smallest absolute Gasteiger partial charge is 0.186 e. The molecule has 0 spiro atoms. The molecular weight excluding hydrogens is 238 g/mol. The molecule has 0 saturated carbocycles. The summed E-state index contributed by atoms with van der Waals surface area (Å²) in [6.07, 6.45) is -1.24. The molecule has 0 aromatic rings. The van der Waals surface area contributed by atoms with E-state index in [0.29, 0.717) is 26.3 Å². The van der Waals surface area contributed by atoms with Crippen LogP contribution in [0.4, 0.5) is 0 Å². The van der Waals surface area contributed by atoms with Crippen LogP contribution in [0.15, 0.2) is 12.7 Å². The molecule has 2 bridgehead atoms. The highest BCUT2D eigenvalue weighted by molar-refractivity contribution is 4.92. The maximum Gasteiger partial charge on any atom is 0.186 e. The quantitative estimate of drug-likeness (QED) is 0.444. The molecule has 3 fully saturated rings. The van der Waals surface area contributed by atoms with E-state index >= 15 is 0 Å². The molecule has 6 nitrogen and oxygen atoms in total. The fourth-order valence-corrected chi connectivity index (χ4v) is 2.22. The molecule has 0 aromatic carbocycles. The van der Waals surface area contributed by atoms with Gasteiger partial charge in [-0.3, -0.25) is 0 Å². The van der Waals surface area contributed by atoms with E-state index in [9.17, 15) is 10.2 Å². The largest absolute Gasteiger partial charge is 0.387 e. The van der Waals surface area contributed by atoms with Crippen LogP contribution in [0.2, 0.25) is 0 Å². The van der Waals surface area contributed by atoms with E-state index in [1.807, 2.05) is 0 Å². The van der Waals surface area contributed by atoms with Crippen LogP contribution in [0.3, 0.4) is 0 Å². The first-order chi connectivity index (χ1) is 8.74. The van der Waals surface area contributed by atoms with Gasteiger partial charge < -0.3 is 29.7 Å². The molecular formula is C12H21NO5. The second-order valence-corrected chi connectivity index (χ2v) is 4.53. The molecule has 0 aliphatic carbocycles. The maximum absolute atomic E-state index is 10.0. The fraction of sp³-hybridized carbons (Fsp3) is 0.833. The Balaban J connectivity index is 2.03. The number of fused-ring (bicyclic) bond motifs is 6. The lowest BCUT2D eigenvalue weighted by Crippen LogP contribution is -2.60. The summed E-state index contributed by atoms with van der Waals surface area (Å²) in [5.41, 5.74) is 0. The molecule has 3 aliphatic rings. The van der Waals surface area contributed by atoms with Crippen molar-refractivity contribution in [1.82, 2.24) is 5.32 Å². The van der Waals surface area contributed by atoms with Crippen molar-refractivity contribution in [1.29, 1.82) is 0 Å². The molecule has 0 aromatic heterocycles. The Morgan fingerprint density at radius 2 is 2.00 bits per heavy atom. The van der Waals surface area contributed by atoms with Crippen molar-refractivity contribution >= 4 is 0 Å². The van der Waals surface area contributed by atoms with E-state index in [4.69, 9.17) is 14.2 Å². The Hall–Kier alpha value is -0.500. The summed E-state index contributed by atoms with van der Waals surface area (Å²) in [6, 6.07) is 0. The summed E-state index contributed by atoms with van der Waals surface area (Å²) in [5, 5.41) is 23.0. The predicted molar refractivity (Wildman–Crippen MR) is 64.1 cm³/mol. The first-order valence-corrected chi connectivity index (χ1v) is 6.30. The summed E-state index contributed by atoms with van der Waals surface area (Å²) in [6.45, 7) is 5.72. The van der Waals surface area contributed by atoms with Gasteiger partial charge >= 0.3 is 0 Å². The van der Waals surface area contributed by atoms with E-state index in [-0.39, 0.29) is 6.10 Å². The van der Waals surface area contributed by atoms with Crippen molar-refractivity contribution < 1.29 is 24.4 Å². The minimum absolute atomic E-state index is 0.341. The van der Waals surface area contributed by atoms with Crippen LogP contribution < -0.4 is 5.32 Å². The molecule has 0 radical (unpaired) electrons. The third-order valence-corrected chi connectivity index (χ3v) is 3.16. The van der Waals surface area contributed by atoms with Crippen LogP contribution in [0.25, 0.3) is 0 Å². The van der Waals surface area contributed by atoms with Gasteiger partial charge in [0.05, 0.1) is 6.61 Å². The number of aliphatic hydroxyl groups is 2. The number of hydrogen-bond donors (Lipinski definition) is 3. The molecule has 18 heavy (non-hydrogen) atoms. The van der Waals surface area contributed by atoms with Gasteiger partial charge in [0.15, 0.2) is 6.29 Å². The topological polar surface area (TPSA) is 80.2 Å². The lowest BCUT2D eigenvalue weighted by Gasteiger charge is -2.41. The Kier molecular flexibility index (Phi) is 5.11. The normalized spacial score (nSPS) is 40.9. The first kappa shape index (κ1) is 13.9. The number of ether oxygens (including phenoxy) is 3. The highest BCUT2D eigenvalue weighted by Crippen LogP contribution is 2.25. The van der Waals surface area contributed by atoms with Crippen molar-refractivity contribution in [3.05, 3.63) is 12.7 Å². The van der Waals surface area contributed by atoms with E-state index in [0.717, 1.165) is 6.42 Å². The second-order valence-electron chi connectivity index (χ2n) is 4.53. The minimum atomic E-state index is -1.07. The molecule has 5 atom stereocenters. The molecule has 3 heterocycles. The van der Waals surface area contributed by atoms with Gasteiger partial charge in [-0.2, -0.15) is 0 Å². The highest BCUT2D eigenvalue weighted by Gasteiger charge is 2.46. The Bertz CT molecular complexity index is 273. The molecule has 3 N–H and O–H groups in total. The lowest BCUT2D eigenvalue weighted by atomic mass is 9.98. The van der Waals surface area contributed by atoms with Crippen LogP contribution in [0.5, 0.6) is 0 Å². The van der Waals surface area contributed by atoms with Gasteiger partial charge in [-0.15, -0.1) is 6.58 Å². The van der Waals surface area contributed by atoms with Crippen LogP contribution in [0.1, 0.15) is 6.42 Å². The van der Waals surface area contributed by atoms with Gasteiger partial charge in [-0.25, -0.2) is 0 Å². The predicted octanol–water partition coefficient (Wildman–Crippen LogP) is -0.986. The van der Waals surface area contributed by atoms with Crippen molar-refractivity contribution in [3.63, 3.8) is 0 Å². The van der Waals surface area contributed by atoms with Crippen LogP contribution in [-0.4, -0.2) is 67.2 Å². The van der Waals surface area contributed by atoms with E-state index in [1.54, 1.807) is 6.08 Å². The molecule has 3 rings (SSSR count). The lowest BCUT2D eigenvalue weighted by molar-refractivity contribution is -0.292. The number of hydrogen-bond acceptors (Lipinski definition) is 6. The number of rotatable bonds is 4. The van der Waals surface area contributed by atoms with Gasteiger partial charge in [-0.05, 0) is 6.42 Å². The van der Waals surface area contributed by atoms with Crippen molar-refractivity contribution in [2.75, 3.05) is 26.3 Å². The van der Waals surface area contributed by atoms with Crippen LogP contribution in [0, 0.1) is 0 Å².